The van der Waals surface area contributed by atoms with E-state index in [-0.39, 0.29) is 29.6 Å². The number of aromatic nitrogens is 3. The Labute approximate surface area is 183 Å². The molecule has 0 aliphatic rings. The number of para-hydroxylation sites is 2. The van der Waals surface area contributed by atoms with Crippen LogP contribution in [0.2, 0.25) is 0 Å². The minimum atomic E-state index is -0.538. The third-order valence-corrected chi connectivity index (χ3v) is 5.14. The van der Waals surface area contributed by atoms with Crippen LogP contribution >= 0.6 is 11.8 Å². The predicted octanol–water partition coefficient (Wildman–Crippen LogP) is 3.99. The molecule has 31 heavy (non-hydrogen) atoms. The van der Waals surface area contributed by atoms with Crippen molar-refractivity contribution in [1.29, 1.82) is 0 Å². The van der Waals surface area contributed by atoms with Crippen LogP contribution in [-0.2, 0) is 17.9 Å². The molecule has 0 radical (unpaired) electrons. The van der Waals surface area contributed by atoms with Crippen molar-refractivity contribution in [2.45, 2.75) is 25.2 Å². The van der Waals surface area contributed by atoms with Gasteiger partial charge in [0, 0.05) is 12.6 Å². The fourth-order valence-electron chi connectivity index (χ4n) is 2.75. The summed E-state index contributed by atoms with van der Waals surface area (Å²) in [6.07, 6.45) is 1.71. The van der Waals surface area contributed by atoms with Gasteiger partial charge in [0.1, 0.15) is 18.0 Å². The molecule has 0 saturated carbocycles. The number of thioether (sulfide) groups is 1. The van der Waals surface area contributed by atoms with E-state index in [1.165, 1.54) is 23.9 Å². The van der Waals surface area contributed by atoms with Crippen LogP contribution in [0.4, 0.5) is 11.4 Å². The zero-order chi connectivity index (χ0) is 22.2. The van der Waals surface area contributed by atoms with Gasteiger partial charge in [-0.1, -0.05) is 42.1 Å². The number of hydrogen-bond acceptors (Lipinski definition) is 7. The van der Waals surface area contributed by atoms with E-state index in [0.29, 0.717) is 17.5 Å². The third-order valence-electron chi connectivity index (χ3n) is 4.17. The van der Waals surface area contributed by atoms with Gasteiger partial charge in [0.05, 0.1) is 10.7 Å². The Kier molecular flexibility index (Phi) is 7.39. The number of carbonyl (C=O) groups excluding carboxylic acids is 1. The van der Waals surface area contributed by atoms with Gasteiger partial charge in [0.25, 0.3) is 5.69 Å². The molecule has 0 aliphatic carbocycles. The molecule has 0 unspecified atom stereocenters. The standard InChI is InChI=1S/C21H21N5O4S/c1-3-11-25-19(13-30-16-8-6-7-15(2)12-16)23-24-21(25)31-14-20(27)22-17-9-4-5-10-18(17)26(28)29/h3-10,12H,1,11,13-14H2,2H3,(H,22,27). The molecule has 0 saturated heterocycles. The van der Waals surface area contributed by atoms with Crippen LogP contribution in [0, 0.1) is 17.0 Å². The van der Waals surface area contributed by atoms with Crippen molar-refractivity contribution in [1.82, 2.24) is 14.8 Å². The van der Waals surface area contributed by atoms with Gasteiger partial charge in [-0.2, -0.15) is 0 Å². The van der Waals surface area contributed by atoms with E-state index in [1.807, 2.05) is 35.8 Å². The first-order valence-electron chi connectivity index (χ1n) is 9.36. The van der Waals surface area contributed by atoms with Crippen LogP contribution in [0.5, 0.6) is 5.75 Å². The van der Waals surface area contributed by atoms with Crippen molar-refractivity contribution < 1.29 is 14.5 Å². The number of carbonyl (C=O) groups is 1. The summed E-state index contributed by atoms with van der Waals surface area (Å²) in [5.41, 5.74) is 1.08. The SMILES string of the molecule is C=CCn1c(COc2cccc(C)c2)nnc1SCC(=O)Nc1ccccc1[N+](=O)[O-]. The quantitative estimate of drug-likeness (QED) is 0.220. The second kappa shape index (κ2) is 10.4. The zero-order valence-electron chi connectivity index (χ0n) is 16.9. The van der Waals surface area contributed by atoms with Crippen LogP contribution in [0.25, 0.3) is 0 Å². The van der Waals surface area contributed by atoms with Gasteiger partial charge in [0.2, 0.25) is 5.91 Å². The Morgan fingerprint density at radius 1 is 1.29 bits per heavy atom. The molecule has 160 valence electrons. The van der Waals surface area contributed by atoms with Crippen LogP contribution < -0.4 is 10.1 Å². The highest BCUT2D eigenvalue weighted by molar-refractivity contribution is 7.99. The predicted molar refractivity (Wildman–Crippen MR) is 118 cm³/mol. The number of ether oxygens (including phenoxy) is 1. The summed E-state index contributed by atoms with van der Waals surface area (Å²) in [4.78, 5) is 22.9. The first kappa shape index (κ1) is 22.0. The lowest BCUT2D eigenvalue weighted by molar-refractivity contribution is -0.383. The largest absolute Gasteiger partial charge is 0.486 e. The van der Waals surface area contributed by atoms with Crippen molar-refractivity contribution in [3.05, 3.63) is 82.7 Å². The second-order valence-electron chi connectivity index (χ2n) is 6.51. The maximum atomic E-state index is 12.3. The van der Waals surface area contributed by atoms with Crippen molar-refractivity contribution >= 4 is 29.0 Å². The summed E-state index contributed by atoms with van der Waals surface area (Å²) < 4.78 is 7.61. The average molecular weight is 439 g/mol. The van der Waals surface area contributed by atoms with Crippen molar-refractivity contribution in [2.75, 3.05) is 11.1 Å². The van der Waals surface area contributed by atoms with Gasteiger partial charge in [-0.15, -0.1) is 16.8 Å². The van der Waals surface area contributed by atoms with Gasteiger partial charge in [-0.3, -0.25) is 19.5 Å². The lowest BCUT2D eigenvalue weighted by atomic mass is 10.2. The Morgan fingerprint density at radius 3 is 2.84 bits per heavy atom. The average Bonchev–Trinajstić information content (AvgIpc) is 3.13. The topological polar surface area (TPSA) is 112 Å². The number of aryl methyl sites for hydroxylation is 1. The number of nitro benzene ring substituents is 1. The molecule has 1 amide bonds. The van der Waals surface area contributed by atoms with Gasteiger partial charge in [0.15, 0.2) is 11.0 Å². The highest BCUT2D eigenvalue weighted by atomic mass is 32.2. The molecule has 9 nitrogen and oxygen atoms in total. The molecular weight excluding hydrogens is 418 g/mol. The molecule has 2 aromatic carbocycles. The monoisotopic (exact) mass is 439 g/mol. The number of nitrogens with zero attached hydrogens (tertiary/aromatic N) is 4. The minimum absolute atomic E-state index is 0.0140. The molecule has 0 bridgehead atoms. The number of hydrogen-bond donors (Lipinski definition) is 1. The highest BCUT2D eigenvalue weighted by Gasteiger charge is 2.17. The Balaban J connectivity index is 1.64. The number of allylic oxidation sites excluding steroid dienone is 1. The van der Waals surface area contributed by atoms with Gasteiger partial charge in [-0.05, 0) is 30.7 Å². The number of amides is 1. The van der Waals surface area contributed by atoms with E-state index in [9.17, 15) is 14.9 Å². The number of nitrogens with one attached hydrogen (secondary N) is 1. The maximum absolute atomic E-state index is 12.3. The van der Waals surface area contributed by atoms with Crippen molar-refractivity contribution in [2.24, 2.45) is 0 Å². The normalized spacial score (nSPS) is 10.5. The Morgan fingerprint density at radius 2 is 2.10 bits per heavy atom. The summed E-state index contributed by atoms with van der Waals surface area (Å²) in [5, 5.41) is 22.5. The number of rotatable bonds is 10. The smallest absolute Gasteiger partial charge is 0.292 e. The van der Waals surface area contributed by atoms with Crippen molar-refractivity contribution in [3.63, 3.8) is 0 Å². The van der Waals surface area contributed by atoms with Gasteiger partial charge in [-0.25, -0.2) is 0 Å². The summed E-state index contributed by atoms with van der Waals surface area (Å²) in [7, 11) is 0. The first-order valence-corrected chi connectivity index (χ1v) is 10.3. The molecule has 1 heterocycles. The third kappa shape index (κ3) is 5.92. The molecular formula is C21H21N5O4S. The number of benzene rings is 2. The van der Waals surface area contributed by atoms with Gasteiger partial charge >= 0.3 is 0 Å². The molecule has 0 aliphatic heterocycles. The van der Waals surface area contributed by atoms with Crippen molar-refractivity contribution in [3.8, 4) is 5.75 Å². The molecule has 3 aromatic rings. The molecule has 0 fully saturated rings. The molecule has 1 N–H and O–H groups in total. The maximum Gasteiger partial charge on any atom is 0.292 e. The van der Waals surface area contributed by atoms with Crippen LogP contribution in [0.15, 0.2) is 66.3 Å². The van der Waals surface area contributed by atoms with E-state index in [0.717, 1.165) is 11.3 Å². The van der Waals surface area contributed by atoms with E-state index >= 15 is 0 Å². The lowest BCUT2D eigenvalue weighted by Gasteiger charge is -2.10. The first-order chi connectivity index (χ1) is 15.0. The van der Waals surface area contributed by atoms with Crippen LogP contribution in [0.3, 0.4) is 0 Å². The fourth-order valence-corrected chi connectivity index (χ4v) is 3.52. The second-order valence-corrected chi connectivity index (χ2v) is 7.46. The summed E-state index contributed by atoms with van der Waals surface area (Å²) >= 11 is 1.18. The highest BCUT2D eigenvalue weighted by Crippen LogP contribution is 2.24. The van der Waals surface area contributed by atoms with Gasteiger partial charge < -0.3 is 10.1 Å². The Bertz CT molecular complexity index is 1100. The number of anilines is 1. The molecule has 0 atom stereocenters. The summed E-state index contributed by atoms with van der Waals surface area (Å²) in [5.74, 6) is 0.958. The number of nitro groups is 1. The lowest BCUT2D eigenvalue weighted by Crippen LogP contribution is -2.16. The zero-order valence-corrected chi connectivity index (χ0v) is 17.7. The minimum Gasteiger partial charge on any atom is -0.486 e. The van der Waals surface area contributed by atoms with Crippen LogP contribution in [-0.4, -0.2) is 31.3 Å². The van der Waals surface area contributed by atoms with E-state index in [2.05, 4.69) is 22.1 Å². The van der Waals surface area contributed by atoms with Crippen LogP contribution in [0.1, 0.15) is 11.4 Å². The molecule has 0 spiro atoms. The van der Waals surface area contributed by atoms with E-state index < -0.39 is 4.92 Å². The van der Waals surface area contributed by atoms with E-state index in [1.54, 1.807) is 18.2 Å². The fraction of sp³-hybridized carbons (Fsp3) is 0.190. The molecule has 1 aromatic heterocycles. The summed E-state index contributed by atoms with van der Waals surface area (Å²) in [6.45, 7) is 6.41. The molecule has 10 heteroatoms. The Hall–Kier alpha value is -3.66. The molecule has 3 rings (SSSR count). The summed E-state index contributed by atoms with van der Waals surface area (Å²) in [6, 6.07) is 13.7. The van der Waals surface area contributed by atoms with E-state index in [4.69, 9.17) is 4.74 Å².